The predicted octanol–water partition coefficient (Wildman–Crippen LogP) is 2.26. The van der Waals surface area contributed by atoms with Crippen molar-refractivity contribution in [2.75, 3.05) is 5.32 Å². The Hall–Kier alpha value is -1.76. The fraction of sp³-hybridized carbons (Fsp3) is 0.364. The number of ether oxygens (including phenoxy) is 1. The summed E-state index contributed by atoms with van der Waals surface area (Å²) in [6.07, 6.45) is -4.79. The first-order valence-corrected chi connectivity index (χ1v) is 5.18. The highest BCUT2D eigenvalue weighted by atomic mass is 19.4. The molecule has 0 saturated carbocycles. The van der Waals surface area contributed by atoms with Crippen LogP contribution in [-0.2, 0) is 4.79 Å². The van der Waals surface area contributed by atoms with Crippen LogP contribution in [0.3, 0.4) is 0 Å². The highest BCUT2D eigenvalue weighted by Crippen LogP contribution is 2.29. The Morgan fingerprint density at radius 2 is 2.06 bits per heavy atom. The first-order chi connectivity index (χ1) is 8.28. The lowest BCUT2D eigenvalue weighted by molar-refractivity contribution is -0.274. The molecule has 0 aliphatic heterocycles. The summed E-state index contributed by atoms with van der Waals surface area (Å²) in [5.74, 6) is -0.925. The molecule has 1 aromatic carbocycles. The average molecular weight is 262 g/mol. The Bertz CT molecular complexity index is 419. The average Bonchev–Trinajstić information content (AvgIpc) is 2.17. The van der Waals surface area contributed by atoms with Crippen LogP contribution < -0.4 is 15.8 Å². The molecular formula is C11H13F3N2O2. The topological polar surface area (TPSA) is 64.4 Å². The third-order valence-corrected chi connectivity index (χ3v) is 1.89. The molecule has 1 rings (SSSR count). The lowest BCUT2D eigenvalue weighted by Gasteiger charge is -2.14. The largest absolute Gasteiger partial charge is 0.573 e. The number of alkyl halides is 3. The molecule has 1 unspecified atom stereocenters. The van der Waals surface area contributed by atoms with Gasteiger partial charge in [-0.2, -0.15) is 0 Å². The molecule has 100 valence electrons. The fourth-order valence-electron chi connectivity index (χ4n) is 1.28. The van der Waals surface area contributed by atoms with Crippen LogP contribution in [0.4, 0.5) is 18.9 Å². The number of nitrogens with two attached hydrogens (primary N) is 1. The van der Waals surface area contributed by atoms with E-state index in [1.165, 1.54) is 18.2 Å². The zero-order valence-electron chi connectivity index (χ0n) is 9.62. The standard InChI is InChI=1S/C11H13F3N2O2/c1-7(15)6-10(17)16-8-4-2-3-5-9(8)18-11(12,13)14/h2-5,7H,6,15H2,1H3,(H,16,17). The van der Waals surface area contributed by atoms with Crippen molar-refractivity contribution in [2.45, 2.75) is 25.7 Å². The number of para-hydroxylation sites is 2. The number of hydrogen-bond acceptors (Lipinski definition) is 3. The lowest BCUT2D eigenvalue weighted by Crippen LogP contribution is -2.25. The van der Waals surface area contributed by atoms with Crippen LogP contribution in [0.25, 0.3) is 0 Å². The monoisotopic (exact) mass is 262 g/mol. The molecule has 3 N–H and O–H groups in total. The normalized spacial score (nSPS) is 12.9. The molecule has 0 spiro atoms. The van der Waals surface area contributed by atoms with Crippen LogP contribution in [0.1, 0.15) is 13.3 Å². The van der Waals surface area contributed by atoms with Crippen molar-refractivity contribution >= 4 is 11.6 Å². The van der Waals surface area contributed by atoms with E-state index in [0.717, 1.165) is 6.07 Å². The van der Waals surface area contributed by atoms with Gasteiger partial charge in [0.25, 0.3) is 0 Å². The zero-order valence-corrected chi connectivity index (χ0v) is 9.62. The van der Waals surface area contributed by atoms with Crippen LogP contribution in [-0.4, -0.2) is 18.3 Å². The summed E-state index contributed by atoms with van der Waals surface area (Å²) in [6.45, 7) is 1.62. The Morgan fingerprint density at radius 1 is 1.44 bits per heavy atom. The number of carbonyl (C=O) groups is 1. The fourth-order valence-corrected chi connectivity index (χ4v) is 1.28. The molecule has 0 saturated heterocycles. The van der Waals surface area contributed by atoms with Crippen molar-refractivity contribution < 1.29 is 22.7 Å². The van der Waals surface area contributed by atoms with E-state index in [4.69, 9.17) is 5.73 Å². The summed E-state index contributed by atoms with van der Waals surface area (Å²) in [4.78, 5) is 11.4. The molecule has 7 heteroatoms. The molecule has 0 aliphatic carbocycles. The van der Waals surface area contributed by atoms with Gasteiger partial charge in [0.05, 0.1) is 5.69 Å². The maximum atomic E-state index is 12.1. The van der Waals surface area contributed by atoms with Gasteiger partial charge in [0.1, 0.15) is 0 Å². The molecule has 1 atom stereocenters. The molecule has 1 aromatic rings. The van der Waals surface area contributed by atoms with Crippen molar-refractivity contribution in [3.63, 3.8) is 0 Å². The van der Waals surface area contributed by atoms with E-state index in [1.54, 1.807) is 6.92 Å². The Balaban J connectivity index is 2.79. The quantitative estimate of drug-likeness (QED) is 0.874. The minimum absolute atomic E-state index is 0.0142. The van der Waals surface area contributed by atoms with Crippen molar-refractivity contribution in [3.8, 4) is 5.75 Å². The molecule has 1 amide bonds. The van der Waals surface area contributed by atoms with E-state index >= 15 is 0 Å². The maximum Gasteiger partial charge on any atom is 0.573 e. The van der Waals surface area contributed by atoms with Gasteiger partial charge in [0.2, 0.25) is 5.91 Å². The summed E-state index contributed by atoms with van der Waals surface area (Å²) in [5.41, 5.74) is 5.37. The Kier molecular flexibility index (Phi) is 4.55. The first-order valence-electron chi connectivity index (χ1n) is 5.18. The molecule has 18 heavy (non-hydrogen) atoms. The van der Waals surface area contributed by atoms with Crippen molar-refractivity contribution in [1.29, 1.82) is 0 Å². The molecule has 0 aliphatic rings. The van der Waals surface area contributed by atoms with Crippen LogP contribution >= 0.6 is 0 Å². The van der Waals surface area contributed by atoms with Gasteiger partial charge in [0, 0.05) is 12.5 Å². The molecule has 0 radical (unpaired) electrons. The summed E-state index contributed by atoms with van der Waals surface area (Å²) >= 11 is 0. The predicted molar refractivity (Wildman–Crippen MR) is 60.0 cm³/mol. The number of nitrogens with one attached hydrogen (secondary N) is 1. The van der Waals surface area contributed by atoms with Crippen LogP contribution in [0, 0.1) is 0 Å². The van der Waals surface area contributed by atoms with E-state index in [-0.39, 0.29) is 18.2 Å². The Morgan fingerprint density at radius 3 is 2.61 bits per heavy atom. The second-order valence-corrected chi connectivity index (χ2v) is 3.77. The SMILES string of the molecule is CC(N)CC(=O)Nc1ccccc1OC(F)(F)F. The smallest absolute Gasteiger partial charge is 0.404 e. The van der Waals surface area contributed by atoms with Crippen LogP contribution in [0.5, 0.6) is 5.75 Å². The summed E-state index contributed by atoms with van der Waals surface area (Å²) in [6, 6.07) is 4.93. The number of rotatable bonds is 4. The third-order valence-electron chi connectivity index (χ3n) is 1.89. The summed E-state index contributed by atoms with van der Waals surface area (Å²) < 4.78 is 40.1. The van der Waals surface area contributed by atoms with Crippen LogP contribution in [0.15, 0.2) is 24.3 Å². The summed E-state index contributed by atoms with van der Waals surface area (Å²) in [5, 5.41) is 2.32. The third kappa shape index (κ3) is 5.05. The molecule has 0 bridgehead atoms. The number of halogens is 3. The number of amides is 1. The van der Waals surface area contributed by atoms with Gasteiger partial charge < -0.3 is 15.8 Å². The van der Waals surface area contributed by atoms with Gasteiger partial charge in [-0.3, -0.25) is 4.79 Å². The minimum atomic E-state index is -4.80. The van der Waals surface area contributed by atoms with Gasteiger partial charge in [-0.25, -0.2) is 0 Å². The first kappa shape index (κ1) is 14.3. The molecule has 0 heterocycles. The van der Waals surface area contributed by atoms with Gasteiger partial charge in [-0.05, 0) is 19.1 Å². The van der Waals surface area contributed by atoms with Gasteiger partial charge in [-0.15, -0.1) is 13.2 Å². The summed E-state index contributed by atoms with van der Waals surface area (Å²) in [7, 11) is 0. The van der Waals surface area contributed by atoms with Crippen molar-refractivity contribution in [3.05, 3.63) is 24.3 Å². The molecule has 4 nitrogen and oxygen atoms in total. The van der Waals surface area contributed by atoms with Gasteiger partial charge in [-0.1, -0.05) is 12.1 Å². The number of hydrogen-bond donors (Lipinski definition) is 2. The highest BCUT2D eigenvalue weighted by molar-refractivity contribution is 5.92. The molecular weight excluding hydrogens is 249 g/mol. The lowest BCUT2D eigenvalue weighted by atomic mass is 10.2. The van der Waals surface area contributed by atoms with Crippen LogP contribution in [0.2, 0.25) is 0 Å². The number of carbonyl (C=O) groups excluding carboxylic acids is 1. The van der Waals surface area contributed by atoms with E-state index in [9.17, 15) is 18.0 Å². The van der Waals surface area contributed by atoms with Crippen molar-refractivity contribution in [2.24, 2.45) is 5.73 Å². The van der Waals surface area contributed by atoms with Gasteiger partial charge in [0.15, 0.2) is 5.75 Å². The van der Waals surface area contributed by atoms with E-state index < -0.39 is 18.0 Å². The molecule has 0 fully saturated rings. The highest BCUT2D eigenvalue weighted by Gasteiger charge is 2.32. The maximum absolute atomic E-state index is 12.1. The second kappa shape index (κ2) is 5.72. The molecule has 0 aromatic heterocycles. The van der Waals surface area contributed by atoms with Crippen molar-refractivity contribution in [1.82, 2.24) is 0 Å². The number of benzene rings is 1. The van der Waals surface area contributed by atoms with E-state index in [0.29, 0.717) is 0 Å². The van der Waals surface area contributed by atoms with E-state index in [1.807, 2.05) is 0 Å². The Labute approximate surface area is 102 Å². The minimum Gasteiger partial charge on any atom is -0.404 e. The van der Waals surface area contributed by atoms with Gasteiger partial charge >= 0.3 is 6.36 Å². The second-order valence-electron chi connectivity index (χ2n) is 3.77. The number of anilines is 1. The van der Waals surface area contributed by atoms with E-state index in [2.05, 4.69) is 10.1 Å². The zero-order chi connectivity index (χ0) is 13.8.